The first-order chi connectivity index (χ1) is 9.92. The molecule has 0 saturated heterocycles. The molecule has 1 amide bonds. The Morgan fingerprint density at radius 1 is 1.48 bits per heavy atom. The standard InChI is InChI=1S/C14H20ClN3O3/c1-3-10(6-14(20)21)7-17-13(19)9-18(2)12-5-4-11(15)8-16-12/h4-5,8,10H,3,6-7,9H2,1-2H3,(H,17,19)(H,20,21). The third kappa shape index (κ3) is 6.44. The van der Waals surface area contributed by atoms with Crippen molar-refractivity contribution < 1.29 is 14.7 Å². The molecule has 0 aliphatic rings. The molecule has 2 N–H and O–H groups in total. The van der Waals surface area contributed by atoms with Gasteiger partial charge in [-0.25, -0.2) is 4.98 Å². The average Bonchev–Trinajstić information content (AvgIpc) is 2.43. The Kier molecular flexibility index (Phi) is 6.94. The lowest BCUT2D eigenvalue weighted by atomic mass is 10.0. The number of carboxylic acid groups (broad SMARTS) is 1. The highest BCUT2D eigenvalue weighted by atomic mass is 35.5. The third-order valence-electron chi connectivity index (χ3n) is 3.11. The topological polar surface area (TPSA) is 82.5 Å². The summed E-state index contributed by atoms with van der Waals surface area (Å²) in [6.07, 6.45) is 2.29. The van der Waals surface area contributed by atoms with Crippen molar-refractivity contribution in [3.8, 4) is 0 Å². The Morgan fingerprint density at radius 2 is 2.19 bits per heavy atom. The van der Waals surface area contributed by atoms with Crippen LogP contribution in [0.5, 0.6) is 0 Å². The SMILES string of the molecule is CCC(CNC(=O)CN(C)c1ccc(Cl)cn1)CC(=O)O. The smallest absolute Gasteiger partial charge is 0.303 e. The van der Waals surface area contributed by atoms with Gasteiger partial charge in [0.1, 0.15) is 5.82 Å². The first-order valence-corrected chi connectivity index (χ1v) is 7.11. The van der Waals surface area contributed by atoms with Crippen LogP contribution < -0.4 is 10.2 Å². The fourth-order valence-corrected chi connectivity index (χ4v) is 1.92. The maximum atomic E-state index is 11.8. The normalized spacial score (nSPS) is 11.8. The Balaban J connectivity index is 2.42. The Labute approximate surface area is 129 Å². The number of aromatic nitrogens is 1. The van der Waals surface area contributed by atoms with Crippen molar-refractivity contribution in [1.29, 1.82) is 0 Å². The third-order valence-corrected chi connectivity index (χ3v) is 3.34. The molecule has 0 saturated carbocycles. The van der Waals surface area contributed by atoms with E-state index in [4.69, 9.17) is 16.7 Å². The maximum Gasteiger partial charge on any atom is 0.303 e. The van der Waals surface area contributed by atoms with Crippen LogP contribution in [0, 0.1) is 5.92 Å². The minimum Gasteiger partial charge on any atom is -0.481 e. The van der Waals surface area contributed by atoms with Gasteiger partial charge < -0.3 is 15.3 Å². The van der Waals surface area contributed by atoms with Gasteiger partial charge in [-0.1, -0.05) is 24.9 Å². The zero-order valence-corrected chi connectivity index (χ0v) is 12.9. The molecule has 1 aromatic rings. The number of carbonyl (C=O) groups is 2. The first-order valence-electron chi connectivity index (χ1n) is 6.73. The minimum atomic E-state index is -0.849. The van der Waals surface area contributed by atoms with E-state index in [9.17, 15) is 9.59 Å². The fourth-order valence-electron chi connectivity index (χ4n) is 1.81. The molecular formula is C14H20ClN3O3. The number of likely N-dealkylation sites (N-methyl/N-ethyl adjacent to an activating group) is 1. The van der Waals surface area contributed by atoms with Crippen molar-refractivity contribution >= 4 is 29.3 Å². The molecule has 6 nitrogen and oxygen atoms in total. The zero-order chi connectivity index (χ0) is 15.8. The van der Waals surface area contributed by atoms with Crippen LogP contribution in [0.3, 0.4) is 0 Å². The lowest BCUT2D eigenvalue weighted by Gasteiger charge is -2.19. The minimum absolute atomic E-state index is 0.0505. The molecule has 1 aromatic heterocycles. The largest absolute Gasteiger partial charge is 0.481 e. The van der Waals surface area contributed by atoms with Gasteiger partial charge in [-0.2, -0.15) is 0 Å². The molecule has 0 fully saturated rings. The lowest BCUT2D eigenvalue weighted by Crippen LogP contribution is -2.38. The zero-order valence-electron chi connectivity index (χ0n) is 12.2. The molecule has 1 unspecified atom stereocenters. The van der Waals surface area contributed by atoms with E-state index in [-0.39, 0.29) is 24.8 Å². The molecule has 1 heterocycles. The highest BCUT2D eigenvalue weighted by Gasteiger charge is 2.14. The van der Waals surface area contributed by atoms with E-state index in [0.29, 0.717) is 23.8 Å². The van der Waals surface area contributed by atoms with E-state index in [1.54, 1.807) is 24.1 Å². The van der Waals surface area contributed by atoms with Gasteiger partial charge in [-0.15, -0.1) is 0 Å². The van der Waals surface area contributed by atoms with Crippen LogP contribution in [0.15, 0.2) is 18.3 Å². The van der Waals surface area contributed by atoms with E-state index in [1.165, 1.54) is 6.20 Å². The number of pyridine rings is 1. The van der Waals surface area contributed by atoms with Gasteiger partial charge in [-0.3, -0.25) is 9.59 Å². The molecule has 0 spiro atoms. The maximum absolute atomic E-state index is 11.8. The Morgan fingerprint density at radius 3 is 2.71 bits per heavy atom. The van der Waals surface area contributed by atoms with Crippen LogP contribution in [0.1, 0.15) is 19.8 Å². The molecule has 0 aliphatic heterocycles. The number of nitrogens with zero attached hydrogens (tertiary/aromatic N) is 2. The number of nitrogens with one attached hydrogen (secondary N) is 1. The highest BCUT2D eigenvalue weighted by Crippen LogP contribution is 2.12. The highest BCUT2D eigenvalue weighted by molar-refractivity contribution is 6.30. The number of rotatable bonds is 8. The molecule has 1 rings (SSSR count). The van der Waals surface area contributed by atoms with Crippen molar-refractivity contribution in [1.82, 2.24) is 10.3 Å². The molecule has 0 bridgehead atoms. The summed E-state index contributed by atoms with van der Waals surface area (Å²) in [6.45, 7) is 2.42. The summed E-state index contributed by atoms with van der Waals surface area (Å²) < 4.78 is 0. The predicted octanol–water partition coefficient (Wildman–Crippen LogP) is 1.79. The van der Waals surface area contributed by atoms with Gasteiger partial charge >= 0.3 is 5.97 Å². The van der Waals surface area contributed by atoms with E-state index in [0.717, 1.165) is 0 Å². The Hall–Kier alpha value is -1.82. The van der Waals surface area contributed by atoms with E-state index in [2.05, 4.69) is 10.3 Å². The number of amides is 1. The van der Waals surface area contributed by atoms with E-state index < -0.39 is 5.97 Å². The molecule has 116 valence electrons. The van der Waals surface area contributed by atoms with Crippen molar-refractivity contribution in [2.45, 2.75) is 19.8 Å². The second-order valence-corrected chi connectivity index (χ2v) is 5.30. The van der Waals surface area contributed by atoms with Crippen molar-refractivity contribution in [3.05, 3.63) is 23.4 Å². The van der Waals surface area contributed by atoms with Crippen molar-refractivity contribution in [3.63, 3.8) is 0 Å². The number of hydrogen-bond acceptors (Lipinski definition) is 4. The molecule has 0 aliphatic carbocycles. The number of hydrogen-bond donors (Lipinski definition) is 2. The van der Waals surface area contributed by atoms with Crippen LogP contribution in [0.4, 0.5) is 5.82 Å². The predicted molar refractivity (Wildman–Crippen MR) is 81.6 cm³/mol. The summed E-state index contributed by atoms with van der Waals surface area (Å²) in [7, 11) is 1.75. The molecular weight excluding hydrogens is 294 g/mol. The average molecular weight is 314 g/mol. The number of carbonyl (C=O) groups excluding carboxylic acids is 1. The van der Waals surface area contributed by atoms with Crippen molar-refractivity contribution in [2.75, 3.05) is 25.0 Å². The van der Waals surface area contributed by atoms with Crippen LogP contribution in [0.25, 0.3) is 0 Å². The van der Waals surface area contributed by atoms with Gasteiger partial charge in [0.2, 0.25) is 5.91 Å². The fraction of sp³-hybridized carbons (Fsp3) is 0.500. The van der Waals surface area contributed by atoms with E-state index in [1.807, 2.05) is 6.92 Å². The summed E-state index contributed by atoms with van der Waals surface area (Å²) in [6, 6.07) is 3.44. The summed E-state index contributed by atoms with van der Waals surface area (Å²) >= 11 is 5.76. The molecule has 7 heteroatoms. The first kappa shape index (κ1) is 17.2. The molecule has 0 aromatic carbocycles. The molecule has 1 atom stereocenters. The van der Waals surface area contributed by atoms with Gasteiger partial charge in [0, 0.05) is 26.2 Å². The number of halogens is 1. The van der Waals surface area contributed by atoms with E-state index >= 15 is 0 Å². The molecule has 21 heavy (non-hydrogen) atoms. The van der Waals surface area contributed by atoms with Crippen molar-refractivity contribution in [2.24, 2.45) is 5.92 Å². The second kappa shape index (κ2) is 8.46. The number of carboxylic acids is 1. The summed E-state index contributed by atoms with van der Waals surface area (Å²) in [5, 5.41) is 12.0. The lowest BCUT2D eigenvalue weighted by molar-refractivity contribution is -0.138. The van der Waals surface area contributed by atoms with Crippen LogP contribution in [-0.4, -0.2) is 42.1 Å². The number of anilines is 1. The number of aliphatic carboxylic acids is 1. The summed E-state index contributed by atoms with van der Waals surface area (Å²) in [4.78, 5) is 28.3. The van der Waals surface area contributed by atoms with Crippen LogP contribution >= 0.6 is 11.6 Å². The van der Waals surface area contributed by atoms with Gasteiger partial charge in [-0.05, 0) is 18.1 Å². The van der Waals surface area contributed by atoms with Crippen LogP contribution in [0.2, 0.25) is 5.02 Å². The van der Waals surface area contributed by atoms with Crippen LogP contribution in [-0.2, 0) is 9.59 Å². The summed E-state index contributed by atoms with van der Waals surface area (Å²) in [5.41, 5.74) is 0. The monoisotopic (exact) mass is 313 g/mol. The molecule has 0 radical (unpaired) electrons. The quantitative estimate of drug-likeness (QED) is 0.764. The van der Waals surface area contributed by atoms with Gasteiger partial charge in [0.15, 0.2) is 0 Å². The van der Waals surface area contributed by atoms with Gasteiger partial charge in [0.25, 0.3) is 0 Å². The second-order valence-electron chi connectivity index (χ2n) is 4.87. The van der Waals surface area contributed by atoms with Gasteiger partial charge in [0.05, 0.1) is 11.6 Å². The summed E-state index contributed by atoms with van der Waals surface area (Å²) in [5.74, 6) is -0.422. The Bertz CT molecular complexity index is 479.